The fourth-order valence-corrected chi connectivity index (χ4v) is 3.17. The molecule has 0 amide bonds. The lowest BCUT2D eigenvalue weighted by Gasteiger charge is -2.21. The van der Waals surface area contributed by atoms with Gasteiger partial charge in [0.2, 0.25) is 0 Å². The molecule has 0 radical (unpaired) electrons. The van der Waals surface area contributed by atoms with Crippen molar-refractivity contribution < 1.29 is 0 Å². The molecule has 0 bridgehead atoms. The van der Waals surface area contributed by atoms with E-state index in [0.29, 0.717) is 5.84 Å². The predicted molar refractivity (Wildman–Crippen MR) is 140 cm³/mol. The summed E-state index contributed by atoms with van der Waals surface area (Å²) < 4.78 is 0. The van der Waals surface area contributed by atoms with E-state index in [1.807, 2.05) is 60.7 Å². The van der Waals surface area contributed by atoms with Crippen molar-refractivity contribution >= 4 is 40.4 Å². The number of benzene rings is 3. The van der Waals surface area contributed by atoms with E-state index < -0.39 is 6.29 Å². The zero-order valence-electron chi connectivity index (χ0n) is 18.9. The van der Waals surface area contributed by atoms with Gasteiger partial charge in [0, 0.05) is 22.2 Å². The number of aliphatic imine (C=N–C) groups is 2. The third kappa shape index (κ3) is 6.40. The molecule has 0 saturated carbocycles. The Kier molecular flexibility index (Phi) is 7.58. The van der Waals surface area contributed by atoms with Crippen molar-refractivity contribution in [2.45, 2.75) is 27.1 Å². The molecule has 0 heterocycles. The molecule has 3 aromatic carbocycles. The molecule has 164 valence electrons. The van der Waals surface area contributed by atoms with Gasteiger partial charge in [0.15, 0.2) is 6.29 Å². The Labute approximate surface area is 190 Å². The summed E-state index contributed by atoms with van der Waals surface area (Å²) >= 11 is 0. The number of nitrogens with one attached hydrogen (secondary N) is 2. The van der Waals surface area contributed by atoms with Crippen LogP contribution in [0.3, 0.4) is 0 Å². The zero-order valence-corrected chi connectivity index (χ0v) is 18.9. The van der Waals surface area contributed by atoms with E-state index in [1.165, 1.54) is 0 Å². The van der Waals surface area contributed by atoms with Crippen molar-refractivity contribution in [3.8, 4) is 0 Å². The van der Waals surface area contributed by atoms with Crippen LogP contribution in [0.15, 0.2) is 95.4 Å². The highest BCUT2D eigenvalue weighted by Crippen LogP contribution is 2.24. The molecule has 1 atom stereocenters. The Bertz CT molecular complexity index is 1150. The summed E-state index contributed by atoms with van der Waals surface area (Å²) in [6, 6.07) is 22.3. The highest BCUT2D eigenvalue weighted by atomic mass is 15.2. The van der Waals surface area contributed by atoms with Gasteiger partial charge in [-0.3, -0.25) is 5.73 Å². The smallest absolute Gasteiger partial charge is 0.173 e. The van der Waals surface area contributed by atoms with Crippen LogP contribution in [0.2, 0.25) is 0 Å². The number of hydrogen-bond acceptors (Lipinski definition) is 3. The van der Waals surface area contributed by atoms with Crippen LogP contribution in [-0.2, 0) is 0 Å². The van der Waals surface area contributed by atoms with Crippen LogP contribution in [0.25, 0.3) is 16.8 Å². The number of nitrogens with two attached hydrogens (primary N) is 1. The summed E-state index contributed by atoms with van der Waals surface area (Å²) in [4.78, 5) is 9.25. The minimum Gasteiger partial charge on any atom is -0.351 e. The lowest BCUT2D eigenvalue weighted by Crippen LogP contribution is -2.31. The molecule has 5 heteroatoms. The lowest BCUT2D eigenvalue weighted by atomic mass is 9.95. The SMILES string of the molecule is C=C/C=C\c1cccc(NC=NC(=NC(N)Nc2cccc3ccccc23)C(C)(C)C)c1. The molecule has 3 aromatic rings. The maximum absolute atomic E-state index is 6.33. The summed E-state index contributed by atoms with van der Waals surface area (Å²) in [6.45, 7) is 9.89. The first-order chi connectivity index (χ1) is 15.4. The first-order valence-electron chi connectivity index (χ1n) is 10.6. The number of anilines is 2. The molecule has 0 aliphatic heterocycles. The van der Waals surface area contributed by atoms with Crippen molar-refractivity contribution in [1.82, 2.24) is 0 Å². The topological polar surface area (TPSA) is 74.8 Å². The zero-order chi connectivity index (χ0) is 23.0. The number of allylic oxidation sites excluding steroid dienone is 2. The van der Waals surface area contributed by atoms with E-state index in [0.717, 1.165) is 27.7 Å². The molecule has 4 N–H and O–H groups in total. The van der Waals surface area contributed by atoms with E-state index in [1.54, 1.807) is 12.4 Å². The summed E-state index contributed by atoms with van der Waals surface area (Å²) in [5.41, 5.74) is 9.02. The summed E-state index contributed by atoms with van der Waals surface area (Å²) in [5.74, 6) is 0.646. The standard InChI is InChI=1S/C27H31N5/c1-5-6-11-20-12-9-15-22(18-20)29-19-30-25(27(2,3)4)32-26(28)31-24-17-10-14-21-13-7-8-16-23(21)24/h5-19,26,31H,1,28H2,2-4H3,(H,29,30,32)/b11-6-. The fraction of sp³-hybridized carbons (Fsp3) is 0.185. The molecule has 1 unspecified atom stereocenters. The van der Waals surface area contributed by atoms with E-state index in [2.05, 4.69) is 66.2 Å². The average molecular weight is 426 g/mol. The second-order valence-corrected chi connectivity index (χ2v) is 8.44. The van der Waals surface area contributed by atoms with Crippen LogP contribution in [0.1, 0.15) is 26.3 Å². The van der Waals surface area contributed by atoms with Gasteiger partial charge >= 0.3 is 0 Å². The Morgan fingerprint density at radius 3 is 2.56 bits per heavy atom. The lowest BCUT2D eigenvalue weighted by molar-refractivity contribution is 0.576. The molecule has 0 aliphatic rings. The van der Waals surface area contributed by atoms with Crippen molar-refractivity contribution in [1.29, 1.82) is 0 Å². The molecular weight excluding hydrogens is 394 g/mol. The van der Waals surface area contributed by atoms with Gasteiger partial charge in [-0.25, -0.2) is 9.98 Å². The number of hydrogen-bond donors (Lipinski definition) is 3. The van der Waals surface area contributed by atoms with Crippen molar-refractivity contribution in [3.63, 3.8) is 0 Å². The van der Waals surface area contributed by atoms with Gasteiger partial charge in [-0.2, -0.15) is 0 Å². The Hall–Kier alpha value is -3.70. The second kappa shape index (κ2) is 10.6. The van der Waals surface area contributed by atoms with Crippen LogP contribution < -0.4 is 16.4 Å². The van der Waals surface area contributed by atoms with Gasteiger partial charge in [-0.05, 0) is 29.1 Å². The average Bonchev–Trinajstić information content (AvgIpc) is 2.77. The highest BCUT2D eigenvalue weighted by molar-refractivity contribution is 5.96. The first-order valence-corrected chi connectivity index (χ1v) is 10.6. The predicted octanol–water partition coefficient (Wildman–Crippen LogP) is 6.28. The van der Waals surface area contributed by atoms with E-state index >= 15 is 0 Å². The maximum Gasteiger partial charge on any atom is 0.173 e. The normalized spacial score (nSPS) is 13.6. The number of rotatable bonds is 7. The molecule has 0 aromatic heterocycles. The molecule has 0 fully saturated rings. The largest absolute Gasteiger partial charge is 0.351 e. The van der Waals surface area contributed by atoms with Crippen molar-refractivity contribution in [2.75, 3.05) is 10.6 Å². The maximum atomic E-state index is 6.33. The summed E-state index contributed by atoms with van der Waals surface area (Å²) in [5, 5.41) is 8.78. The quantitative estimate of drug-likeness (QED) is 0.180. The van der Waals surface area contributed by atoms with Crippen LogP contribution >= 0.6 is 0 Å². The molecule has 0 spiro atoms. The van der Waals surface area contributed by atoms with Gasteiger partial charge in [-0.1, -0.05) is 94.1 Å². The fourth-order valence-electron chi connectivity index (χ4n) is 3.17. The van der Waals surface area contributed by atoms with Gasteiger partial charge < -0.3 is 10.6 Å². The Morgan fingerprint density at radius 1 is 1.03 bits per heavy atom. The van der Waals surface area contributed by atoms with Crippen molar-refractivity contribution in [3.05, 3.63) is 91.0 Å². The van der Waals surface area contributed by atoms with Gasteiger partial charge in [-0.15, -0.1) is 0 Å². The van der Waals surface area contributed by atoms with Crippen LogP contribution in [0.5, 0.6) is 0 Å². The first kappa shape index (κ1) is 23.0. The number of nitrogens with zero attached hydrogens (tertiary/aromatic N) is 2. The van der Waals surface area contributed by atoms with Crippen LogP contribution in [-0.4, -0.2) is 18.5 Å². The Balaban J connectivity index is 1.76. The van der Waals surface area contributed by atoms with Gasteiger partial charge in [0.1, 0.15) is 5.84 Å². The van der Waals surface area contributed by atoms with E-state index in [9.17, 15) is 0 Å². The molecule has 5 nitrogen and oxygen atoms in total. The second-order valence-electron chi connectivity index (χ2n) is 8.44. The highest BCUT2D eigenvalue weighted by Gasteiger charge is 2.19. The van der Waals surface area contributed by atoms with Gasteiger partial charge in [0.05, 0.1) is 6.34 Å². The number of fused-ring (bicyclic) bond motifs is 1. The molecule has 32 heavy (non-hydrogen) atoms. The minimum atomic E-state index is -0.625. The molecule has 3 rings (SSSR count). The summed E-state index contributed by atoms with van der Waals surface area (Å²) in [7, 11) is 0. The molecule has 0 saturated heterocycles. The minimum absolute atomic E-state index is 0.273. The van der Waals surface area contributed by atoms with E-state index in [4.69, 9.17) is 5.73 Å². The summed E-state index contributed by atoms with van der Waals surface area (Å²) in [6.07, 6.45) is 6.69. The van der Waals surface area contributed by atoms with Crippen LogP contribution in [0, 0.1) is 5.41 Å². The third-order valence-electron chi connectivity index (χ3n) is 4.75. The van der Waals surface area contributed by atoms with Crippen molar-refractivity contribution in [2.24, 2.45) is 21.1 Å². The third-order valence-corrected chi connectivity index (χ3v) is 4.75. The molecular formula is C27H31N5. The number of amidine groups is 1. The Morgan fingerprint density at radius 2 is 1.78 bits per heavy atom. The van der Waals surface area contributed by atoms with E-state index in [-0.39, 0.29) is 5.41 Å². The van der Waals surface area contributed by atoms with Crippen LogP contribution in [0.4, 0.5) is 11.4 Å². The monoisotopic (exact) mass is 425 g/mol. The van der Waals surface area contributed by atoms with Gasteiger partial charge in [0.25, 0.3) is 0 Å². The molecule has 0 aliphatic carbocycles.